The van der Waals surface area contributed by atoms with Crippen molar-refractivity contribution in [3.05, 3.63) is 173 Å². The number of aliphatic hydroxyl groups is 3. The number of ether oxygens (including phenoxy) is 2. The predicted molar refractivity (Wildman–Crippen MR) is 471 cm³/mol. The van der Waals surface area contributed by atoms with E-state index in [1.54, 1.807) is 91.9 Å². The third-order valence-corrected chi connectivity index (χ3v) is 24.1. The van der Waals surface area contributed by atoms with Crippen molar-refractivity contribution in [1.82, 2.24) is 77.3 Å². The number of likely N-dealkylation sites (N-methyl/N-ethyl adjacent to an activating group) is 3. The van der Waals surface area contributed by atoms with E-state index in [2.05, 4.69) is 52.8 Å². The van der Waals surface area contributed by atoms with Crippen molar-refractivity contribution in [3.8, 4) is 5.75 Å². The standard InChI is InChI=1S/C90H111F3N16O23S/c1-7-8-23-69-89(129)109-42-57(115)38-72(109)85(125)101-66(43-131-47-111)82(122)104-77(49(2)3)90(130)106(5)70(34-50-17-11-9-12-18-50)83(123)102-67(44-132-48-112)87(127)108-41-56(114)37-71(108)84(124)100-64(36-54-39-95-61-22-16-15-21-58(54)61)81(121)99-63(32-52-24-26-55(113)27-25-52)80(120)98-62(28-29-110)79(119)103-68(78(118)96-40-74(94)116)45-133-46-75(117)97-65(33-53-30-59(91)76(93)60(92)31-53)86(126)107(6)73(88(128)105(69)4)35-51-19-13-10-14-20-51/h9-22,24-27,30-31,39,47-49,56-57,62-73,77,95,110,113-115H,7-8,23,28-29,32-38,40-46H2,1-6H3,(H2,94,116)(H,96,118)(H,97,117)(H,98,120)(H,99,121)(H,100,124)(H,101,125)(H,102,123)(H,103,119)(H,104,122)/t56-,57-,62+,63+,64+,65+,66+,67+,68+,69+,70+,71-,72-,73+,77+/m1/s1. The molecule has 3 saturated heterocycles. The van der Waals surface area contributed by atoms with Crippen LogP contribution < -0.4 is 53.6 Å². The van der Waals surface area contributed by atoms with E-state index in [0.29, 0.717) is 57.9 Å². The first-order valence-corrected chi connectivity index (χ1v) is 44.2. The number of nitrogens with two attached hydrogens (primary N) is 1. The number of benzene rings is 5. The lowest BCUT2D eigenvalue weighted by Crippen LogP contribution is -2.62. The summed E-state index contributed by atoms with van der Waals surface area (Å²) >= 11 is 0.599. The Bertz CT molecular complexity index is 5140. The summed E-state index contributed by atoms with van der Waals surface area (Å²) in [5, 5.41) is 66.8. The number of hydrogen-bond acceptors (Lipinski definition) is 24. The molecule has 39 nitrogen and oxygen atoms in total. The summed E-state index contributed by atoms with van der Waals surface area (Å²) in [5.74, 6) is -24.1. The Labute approximate surface area is 767 Å². The maximum Gasteiger partial charge on any atom is 0.293 e. The summed E-state index contributed by atoms with van der Waals surface area (Å²) in [6.07, 6.45) is -4.85. The zero-order valence-electron chi connectivity index (χ0n) is 73.9. The van der Waals surface area contributed by atoms with Crippen molar-refractivity contribution in [1.29, 1.82) is 0 Å². The molecule has 15 amide bonds. The van der Waals surface area contributed by atoms with E-state index in [-0.39, 0.29) is 49.9 Å². The molecular weight excluding hydrogens is 1760 g/mol. The number of thioether (sulfide) groups is 1. The average molecular weight is 1870 g/mol. The topological polar surface area (TPSA) is 556 Å². The van der Waals surface area contributed by atoms with Gasteiger partial charge in [0.05, 0.1) is 24.5 Å². The van der Waals surface area contributed by atoms with E-state index in [4.69, 9.17) is 15.2 Å². The van der Waals surface area contributed by atoms with Crippen LogP contribution in [0.4, 0.5) is 13.2 Å². The molecule has 0 bridgehead atoms. The molecule has 133 heavy (non-hydrogen) atoms. The van der Waals surface area contributed by atoms with Crippen LogP contribution in [0.25, 0.3) is 10.9 Å². The van der Waals surface area contributed by atoms with Gasteiger partial charge in [0.25, 0.3) is 12.9 Å². The number of aromatic hydroxyl groups is 1. The van der Waals surface area contributed by atoms with Crippen LogP contribution in [-0.2, 0) is 123 Å². The van der Waals surface area contributed by atoms with Crippen LogP contribution in [0, 0.1) is 23.4 Å². The number of aromatic amines is 1. The second-order valence-corrected chi connectivity index (χ2v) is 34.0. The quantitative estimate of drug-likeness (QED) is 0.0218. The molecule has 43 heteroatoms. The molecule has 3 aliphatic rings. The van der Waals surface area contributed by atoms with E-state index in [9.17, 15) is 63.2 Å². The number of carbonyl (C=O) groups excluding carboxylic acids is 17. The number of H-pyrrole nitrogens is 1. The van der Waals surface area contributed by atoms with Gasteiger partial charge in [0, 0.05) is 109 Å². The van der Waals surface area contributed by atoms with Crippen molar-refractivity contribution in [3.63, 3.8) is 0 Å². The van der Waals surface area contributed by atoms with Gasteiger partial charge in [-0.25, -0.2) is 13.2 Å². The number of nitrogens with one attached hydrogen (secondary N) is 10. The van der Waals surface area contributed by atoms with Crippen LogP contribution in [0.5, 0.6) is 5.75 Å². The van der Waals surface area contributed by atoms with E-state index in [0.717, 1.165) is 31.5 Å². The molecule has 0 radical (unpaired) electrons. The number of rotatable bonds is 25. The van der Waals surface area contributed by atoms with E-state index < -0.39 is 298 Å². The molecule has 0 spiro atoms. The fraction of sp³-hybridized carbons (Fsp3) is 0.456. The molecule has 5 aromatic carbocycles. The van der Waals surface area contributed by atoms with Crippen LogP contribution in [-0.4, -0.2) is 314 Å². The summed E-state index contributed by atoms with van der Waals surface area (Å²) < 4.78 is 55.2. The van der Waals surface area contributed by atoms with Gasteiger partial charge in [0.2, 0.25) is 88.6 Å². The Kier molecular flexibility index (Phi) is 38.1. The Morgan fingerprint density at radius 3 is 1.61 bits per heavy atom. The Balaban J connectivity index is 1.13. The number of unbranched alkanes of at least 4 members (excludes halogenated alkanes) is 1. The summed E-state index contributed by atoms with van der Waals surface area (Å²) in [6, 6.07) is 6.56. The number of phenols is 1. The number of fused-ring (bicyclic) bond motifs is 3. The lowest BCUT2D eigenvalue weighted by molar-refractivity contribution is -0.152. The summed E-state index contributed by atoms with van der Waals surface area (Å²) in [6.45, 7) is -0.0141. The zero-order chi connectivity index (χ0) is 97.0. The highest BCUT2D eigenvalue weighted by Crippen LogP contribution is 2.29. The van der Waals surface area contributed by atoms with Gasteiger partial charge in [-0.3, -0.25) is 81.5 Å². The van der Waals surface area contributed by atoms with E-state index in [1.807, 2.05) is 0 Å². The second kappa shape index (κ2) is 49.1. The summed E-state index contributed by atoms with van der Waals surface area (Å²) in [5.41, 5.74) is 7.07. The number of primary amides is 1. The fourth-order valence-electron chi connectivity index (χ4n) is 15.9. The van der Waals surface area contributed by atoms with Gasteiger partial charge < -0.3 is 113 Å². The highest BCUT2D eigenvalue weighted by Gasteiger charge is 2.48. The van der Waals surface area contributed by atoms with Crippen molar-refractivity contribution in [2.75, 3.05) is 72.1 Å². The molecule has 4 heterocycles. The normalized spacial score (nSPS) is 24.6. The number of aromatic nitrogens is 1. The Morgan fingerprint density at radius 2 is 1.03 bits per heavy atom. The smallest absolute Gasteiger partial charge is 0.293 e. The van der Waals surface area contributed by atoms with Gasteiger partial charge in [-0.05, 0) is 76.9 Å². The lowest BCUT2D eigenvalue weighted by atomic mass is 9.98. The molecule has 9 rings (SSSR count). The van der Waals surface area contributed by atoms with Gasteiger partial charge in [-0.2, -0.15) is 0 Å². The van der Waals surface area contributed by atoms with Gasteiger partial charge in [0.15, 0.2) is 17.5 Å². The van der Waals surface area contributed by atoms with Gasteiger partial charge >= 0.3 is 0 Å². The number of aliphatic hydroxyl groups excluding tert-OH is 3. The van der Waals surface area contributed by atoms with E-state index in [1.165, 1.54) is 58.4 Å². The van der Waals surface area contributed by atoms with Gasteiger partial charge in [0.1, 0.15) is 97.5 Å². The van der Waals surface area contributed by atoms with Crippen LogP contribution in [0.1, 0.15) is 87.1 Å². The van der Waals surface area contributed by atoms with Gasteiger partial charge in [-0.15, -0.1) is 11.8 Å². The molecule has 6 aromatic rings. The lowest BCUT2D eigenvalue weighted by Gasteiger charge is -2.38. The van der Waals surface area contributed by atoms with Crippen molar-refractivity contribution >= 4 is 124 Å². The number of amides is 15. The largest absolute Gasteiger partial charge is 0.508 e. The van der Waals surface area contributed by atoms with Crippen LogP contribution in [0.15, 0.2) is 128 Å². The molecule has 1 aromatic heterocycles. The molecule has 3 aliphatic heterocycles. The highest BCUT2D eigenvalue weighted by molar-refractivity contribution is 8.00. The number of halogens is 3. The van der Waals surface area contributed by atoms with Crippen LogP contribution in [0.2, 0.25) is 0 Å². The van der Waals surface area contributed by atoms with Crippen LogP contribution in [0.3, 0.4) is 0 Å². The zero-order valence-corrected chi connectivity index (χ0v) is 74.7. The predicted octanol–water partition coefficient (Wildman–Crippen LogP) is -1.99. The molecule has 716 valence electrons. The minimum atomic E-state index is -1.93. The van der Waals surface area contributed by atoms with Crippen molar-refractivity contribution in [2.24, 2.45) is 11.7 Å². The molecule has 0 aliphatic carbocycles. The highest BCUT2D eigenvalue weighted by atomic mass is 32.2. The molecule has 15 atom stereocenters. The summed E-state index contributed by atoms with van der Waals surface area (Å²) in [7, 11) is 3.57. The molecule has 3 fully saturated rings. The number of hydrogen-bond donors (Lipinski definition) is 15. The van der Waals surface area contributed by atoms with E-state index >= 15 is 51.9 Å². The first-order chi connectivity index (χ1) is 63.4. The van der Waals surface area contributed by atoms with Crippen LogP contribution >= 0.6 is 11.8 Å². The minimum Gasteiger partial charge on any atom is -0.508 e. The Hall–Kier alpha value is -13.6. The average Bonchev–Trinajstić information content (AvgIpc) is 1.75. The molecule has 0 saturated carbocycles. The molecule has 16 N–H and O–H groups in total. The Morgan fingerprint density at radius 1 is 0.534 bits per heavy atom. The second-order valence-electron chi connectivity index (χ2n) is 33.0. The number of para-hydroxylation sites is 1. The fourth-order valence-corrected chi connectivity index (χ4v) is 16.7. The van der Waals surface area contributed by atoms with Crippen molar-refractivity contribution in [2.45, 2.75) is 182 Å². The molecule has 0 unspecified atom stereocenters. The first-order valence-electron chi connectivity index (χ1n) is 43.0. The van der Waals surface area contributed by atoms with Gasteiger partial charge in [-0.1, -0.05) is 125 Å². The third-order valence-electron chi connectivity index (χ3n) is 23.1. The number of nitrogens with zero attached hydrogens (tertiary/aromatic N) is 5. The maximum atomic E-state index is 15.7. The number of carbonyl (C=O) groups is 17. The minimum absolute atomic E-state index is 0.0483. The summed E-state index contributed by atoms with van der Waals surface area (Å²) in [4.78, 5) is 255. The first kappa shape index (κ1) is 103. The SMILES string of the molecule is CCCC[C@H]1C(=O)N2C[C@H](O)C[C@@H]2C(=O)N[C@@H](COC=O)C(=O)N[C@@H](C(C)C)C(=O)N(C)[C@@H](Cc2ccccc2)C(=O)N[C@@H](COC=O)C(=O)N2C[C@H](O)C[C@@H]2C(=O)N[C@@H](Cc2c[nH]c3ccccc23)C(=O)N[C@@H](Cc2ccc(O)cc2)C(=O)N[C@@H](CCO)C(=O)N[C@H](C(=O)NCC(N)=O)CSCC(=O)N[C@@H](Cc2cc(F)c(F)c(F)c2)C(=O)N(C)[C@@H](Cc2ccccc2)C(=O)N1C. The number of phenolic OH excluding ortho intramolecular Hbond substituents is 1. The maximum absolute atomic E-state index is 15.7. The van der Waals surface area contributed by atoms with Crippen molar-refractivity contribution < 1.29 is 125 Å². The monoisotopic (exact) mass is 1870 g/mol. The third kappa shape index (κ3) is 28.3. The molecular formula is C90H111F3N16O23S.